The summed E-state index contributed by atoms with van der Waals surface area (Å²) in [7, 11) is 0. The Kier molecular flexibility index (Phi) is 6.75. The van der Waals surface area contributed by atoms with Crippen LogP contribution in [0.5, 0.6) is 0 Å². The van der Waals surface area contributed by atoms with Crippen molar-refractivity contribution in [2.75, 3.05) is 11.1 Å². The molecule has 152 valence electrons. The molecule has 0 saturated heterocycles. The van der Waals surface area contributed by atoms with Gasteiger partial charge in [0.1, 0.15) is 0 Å². The number of carbonyl (C=O) groups excluding carboxylic acids is 1. The molecule has 1 aromatic heterocycles. The molecular weight excluding hydrogens is 382 g/mol. The first kappa shape index (κ1) is 21.1. The number of amides is 1. The van der Waals surface area contributed by atoms with Crippen LogP contribution in [0.25, 0.3) is 10.9 Å². The number of hydrogen-bond acceptors (Lipinski definition) is 4. The van der Waals surface area contributed by atoms with Crippen molar-refractivity contribution in [1.29, 1.82) is 0 Å². The van der Waals surface area contributed by atoms with E-state index in [0.717, 1.165) is 17.7 Å². The van der Waals surface area contributed by atoms with Crippen LogP contribution in [-0.2, 0) is 11.3 Å². The van der Waals surface area contributed by atoms with E-state index in [2.05, 4.69) is 24.1 Å². The van der Waals surface area contributed by atoms with Crippen molar-refractivity contribution in [3.05, 3.63) is 63.9 Å². The molecule has 3 aromatic rings. The number of rotatable bonds is 7. The fraction of sp³-hybridized carbons (Fsp3) is 0.348. The lowest BCUT2D eigenvalue weighted by Gasteiger charge is -2.14. The van der Waals surface area contributed by atoms with E-state index in [-0.39, 0.29) is 17.2 Å². The number of thioether (sulfide) groups is 1. The number of nitrogens with zero attached hydrogens (tertiary/aromatic N) is 2. The van der Waals surface area contributed by atoms with Crippen LogP contribution in [0.1, 0.15) is 31.4 Å². The quantitative estimate of drug-likeness (QED) is 0.450. The number of anilines is 1. The molecule has 1 N–H and O–H groups in total. The molecule has 5 nitrogen and oxygen atoms in total. The summed E-state index contributed by atoms with van der Waals surface area (Å²) in [4.78, 5) is 30.1. The number of aryl methyl sites for hydroxylation is 2. The molecule has 0 unspecified atom stereocenters. The molecule has 0 aliphatic heterocycles. The van der Waals surface area contributed by atoms with Gasteiger partial charge in [-0.25, -0.2) is 4.98 Å². The van der Waals surface area contributed by atoms with Gasteiger partial charge in [0.05, 0.1) is 16.7 Å². The van der Waals surface area contributed by atoms with E-state index < -0.39 is 0 Å². The van der Waals surface area contributed by atoms with Crippen molar-refractivity contribution in [2.45, 2.75) is 45.8 Å². The second-order valence-corrected chi connectivity index (χ2v) is 8.63. The van der Waals surface area contributed by atoms with Gasteiger partial charge in [-0.1, -0.05) is 43.8 Å². The van der Waals surface area contributed by atoms with Crippen molar-refractivity contribution in [3.8, 4) is 0 Å². The van der Waals surface area contributed by atoms with Crippen LogP contribution >= 0.6 is 11.8 Å². The highest BCUT2D eigenvalue weighted by Gasteiger charge is 2.14. The van der Waals surface area contributed by atoms with Crippen LogP contribution in [0, 0.1) is 19.8 Å². The SMILES string of the molecule is Cc1ccc(NC(=O)CSc2nc3ccccc3c(=O)n2CCC(C)C)cc1C. The first-order valence-corrected chi connectivity index (χ1v) is 10.8. The Morgan fingerprint density at radius 2 is 1.90 bits per heavy atom. The highest BCUT2D eigenvalue weighted by molar-refractivity contribution is 7.99. The monoisotopic (exact) mass is 409 g/mol. The molecule has 0 spiro atoms. The summed E-state index contributed by atoms with van der Waals surface area (Å²) in [5.74, 6) is 0.551. The number of aromatic nitrogens is 2. The van der Waals surface area contributed by atoms with Crippen molar-refractivity contribution in [3.63, 3.8) is 0 Å². The molecule has 6 heteroatoms. The fourth-order valence-corrected chi connectivity index (χ4v) is 3.81. The summed E-state index contributed by atoms with van der Waals surface area (Å²) in [6.45, 7) is 8.91. The number of benzene rings is 2. The zero-order valence-electron chi connectivity index (χ0n) is 17.4. The van der Waals surface area contributed by atoms with Gasteiger partial charge in [-0.05, 0) is 61.6 Å². The van der Waals surface area contributed by atoms with Crippen LogP contribution in [0.3, 0.4) is 0 Å². The molecule has 0 aliphatic carbocycles. The van der Waals surface area contributed by atoms with Crippen molar-refractivity contribution < 1.29 is 4.79 Å². The maximum atomic E-state index is 13.0. The Morgan fingerprint density at radius 1 is 1.14 bits per heavy atom. The van der Waals surface area contributed by atoms with Crippen LogP contribution in [0.15, 0.2) is 52.4 Å². The molecule has 0 radical (unpaired) electrons. The summed E-state index contributed by atoms with van der Waals surface area (Å²) in [5.41, 5.74) is 3.71. The van der Waals surface area contributed by atoms with Crippen molar-refractivity contribution >= 4 is 34.3 Å². The zero-order valence-corrected chi connectivity index (χ0v) is 18.2. The fourth-order valence-electron chi connectivity index (χ4n) is 2.99. The topological polar surface area (TPSA) is 64.0 Å². The molecule has 2 aromatic carbocycles. The lowest BCUT2D eigenvalue weighted by Crippen LogP contribution is -2.25. The number of fused-ring (bicyclic) bond motifs is 1. The van der Waals surface area contributed by atoms with Gasteiger partial charge in [0.25, 0.3) is 5.56 Å². The van der Waals surface area contributed by atoms with Crippen LogP contribution < -0.4 is 10.9 Å². The van der Waals surface area contributed by atoms with Crippen molar-refractivity contribution in [1.82, 2.24) is 9.55 Å². The normalized spacial score (nSPS) is 11.2. The van der Waals surface area contributed by atoms with Gasteiger partial charge in [0, 0.05) is 12.2 Å². The average Bonchev–Trinajstić information content (AvgIpc) is 2.68. The zero-order chi connectivity index (χ0) is 21.0. The Morgan fingerprint density at radius 3 is 2.62 bits per heavy atom. The van der Waals surface area contributed by atoms with E-state index in [1.807, 2.05) is 50.2 Å². The summed E-state index contributed by atoms with van der Waals surface area (Å²) < 4.78 is 1.70. The first-order chi connectivity index (χ1) is 13.8. The smallest absolute Gasteiger partial charge is 0.262 e. The second kappa shape index (κ2) is 9.27. The lowest BCUT2D eigenvalue weighted by molar-refractivity contribution is -0.113. The summed E-state index contributed by atoms with van der Waals surface area (Å²) in [6.07, 6.45) is 0.877. The molecule has 3 rings (SSSR count). The van der Waals surface area contributed by atoms with Gasteiger partial charge in [-0.2, -0.15) is 0 Å². The molecular formula is C23H27N3O2S. The van der Waals surface area contributed by atoms with Gasteiger partial charge in [0.2, 0.25) is 5.91 Å². The molecule has 0 saturated carbocycles. The first-order valence-electron chi connectivity index (χ1n) is 9.84. The van der Waals surface area contributed by atoms with E-state index in [1.54, 1.807) is 10.6 Å². The van der Waals surface area contributed by atoms with Gasteiger partial charge < -0.3 is 5.32 Å². The van der Waals surface area contributed by atoms with E-state index in [0.29, 0.717) is 28.5 Å². The van der Waals surface area contributed by atoms with Crippen LogP contribution in [0.2, 0.25) is 0 Å². The minimum Gasteiger partial charge on any atom is -0.325 e. The minimum atomic E-state index is -0.115. The number of nitrogens with one attached hydrogen (secondary N) is 1. The van der Waals surface area contributed by atoms with E-state index in [4.69, 9.17) is 0 Å². The Labute approximate surface area is 175 Å². The molecule has 0 atom stereocenters. The van der Waals surface area contributed by atoms with Gasteiger partial charge >= 0.3 is 0 Å². The Balaban J connectivity index is 1.80. The number of carbonyl (C=O) groups is 1. The average molecular weight is 410 g/mol. The third-order valence-electron chi connectivity index (χ3n) is 4.88. The van der Waals surface area contributed by atoms with Crippen molar-refractivity contribution in [2.24, 2.45) is 5.92 Å². The van der Waals surface area contributed by atoms with Crippen LogP contribution in [0.4, 0.5) is 5.69 Å². The molecule has 1 heterocycles. The van der Waals surface area contributed by atoms with E-state index in [1.165, 1.54) is 17.3 Å². The predicted octanol–water partition coefficient (Wildman–Crippen LogP) is 4.79. The molecule has 0 fully saturated rings. The summed E-state index contributed by atoms with van der Waals surface area (Å²) in [6, 6.07) is 13.2. The number of hydrogen-bond donors (Lipinski definition) is 1. The molecule has 0 bridgehead atoms. The van der Waals surface area contributed by atoms with E-state index in [9.17, 15) is 9.59 Å². The standard InChI is InChI=1S/C23H27N3O2S/c1-15(2)11-12-26-22(28)19-7-5-6-8-20(19)25-23(26)29-14-21(27)24-18-10-9-16(3)17(4)13-18/h5-10,13,15H,11-12,14H2,1-4H3,(H,24,27). The molecule has 0 aliphatic rings. The van der Waals surface area contributed by atoms with E-state index >= 15 is 0 Å². The highest BCUT2D eigenvalue weighted by atomic mass is 32.2. The predicted molar refractivity (Wildman–Crippen MR) is 121 cm³/mol. The maximum Gasteiger partial charge on any atom is 0.262 e. The Hall–Kier alpha value is -2.60. The van der Waals surface area contributed by atoms with Crippen LogP contribution in [-0.4, -0.2) is 21.2 Å². The third-order valence-corrected chi connectivity index (χ3v) is 5.86. The lowest BCUT2D eigenvalue weighted by atomic mass is 10.1. The maximum absolute atomic E-state index is 13.0. The van der Waals surface area contributed by atoms with Gasteiger partial charge in [0.15, 0.2) is 5.16 Å². The second-order valence-electron chi connectivity index (χ2n) is 7.69. The summed E-state index contributed by atoms with van der Waals surface area (Å²) in [5, 5.41) is 4.13. The summed E-state index contributed by atoms with van der Waals surface area (Å²) >= 11 is 1.30. The number of para-hydroxylation sites is 1. The minimum absolute atomic E-state index is 0.0479. The molecule has 29 heavy (non-hydrogen) atoms. The highest BCUT2D eigenvalue weighted by Crippen LogP contribution is 2.20. The van der Waals surface area contributed by atoms with Gasteiger partial charge in [-0.3, -0.25) is 14.2 Å². The molecule has 1 amide bonds. The third kappa shape index (κ3) is 5.26. The van der Waals surface area contributed by atoms with Gasteiger partial charge in [-0.15, -0.1) is 0 Å². The Bertz CT molecular complexity index is 1090. The largest absolute Gasteiger partial charge is 0.325 e.